The van der Waals surface area contributed by atoms with Crippen molar-refractivity contribution in [3.8, 4) is 0 Å². The lowest BCUT2D eigenvalue weighted by Crippen LogP contribution is -2.33. The first-order valence-corrected chi connectivity index (χ1v) is 4.95. The Bertz CT molecular complexity index is 104. The molecule has 2 unspecified atom stereocenters. The fraction of sp³-hybridized carbons (Fsp3) is 1.00. The van der Waals surface area contributed by atoms with Gasteiger partial charge in [0.25, 0.3) is 0 Å². The second-order valence-electron chi connectivity index (χ2n) is 1.24. The number of hydrogen-bond acceptors (Lipinski definition) is 3. The van der Waals surface area contributed by atoms with Gasteiger partial charge < -0.3 is 4.55 Å². The van der Waals surface area contributed by atoms with Gasteiger partial charge in [-0.05, 0) is 11.1 Å². The van der Waals surface area contributed by atoms with Crippen LogP contribution in [-0.2, 0) is 11.1 Å². The molecule has 2 atom stereocenters. The van der Waals surface area contributed by atoms with E-state index in [-0.39, 0.29) is 5.88 Å². The van der Waals surface area contributed by atoms with E-state index in [1.807, 2.05) is 0 Å². The Balaban J connectivity index is 3.54. The van der Waals surface area contributed by atoms with Crippen molar-refractivity contribution >= 4 is 38.6 Å². The van der Waals surface area contributed by atoms with Gasteiger partial charge in [0.15, 0.2) is 0 Å². The molecular weight excluding hydrogens is 229 g/mol. The first kappa shape index (κ1) is 9.84. The normalized spacial score (nSPS) is 17.2. The molecule has 0 aliphatic heterocycles. The molecule has 0 spiro atoms. The SMILES string of the molecule is O=S([O-])C(CCl)NCBr. The van der Waals surface area contributed by atoms with Gasteiger partial charge >= 0.3 is 0 Å². The van der Waals surface area contributed by atoms with Crippen LogP contribution in [0.4, 0.5) is 0 Å². The molecule has 0 heterocycles. The Morgan fingerprint density at radius 2 is 2.44 bits per heavy atom. The molecule has 0 saturated heterocycles. The molecular formula is C3H6BrClNO2S-. The Morgan fingerprint density at radius 3 is 2.56 bits per heavy atom. The van der Waals surface area contributed by atoms with Crippen LogP contribution in [0.2, 0.25) is 0 Å². The summed E-state index contributed by atoms with van der Waals surface area (Å²) in [5.41, 5.74) is 0.429. The van der Waals surface area contributed by atoms with Gasteiger partial charge in [0.1, 0.15) is 0 Å². The predicted molar refractivity (Wildman–Crippen MR) is 40.4 cm³/mol. The molecule has 1 N–H and O–H groups in total. The maximum atomic E-state index is 10.2. The molecule has 3 nitrogen and oxygen atoms in total. The van der Waals surface area contributed by atoms with Crippen LogP contribution in [0.5, 0.6) is 0 Å². The molecule has 0 radical (unpaired) electrons. The van der Waals surface area contributed by atoms with E-state index in [4.69, 9.17) is 11.6 Å². The van der Waals surface area contributed by atoms with Gasteiger partial charge in [-0.25, -0.2) is 0 Å². The van der Waals surface area contributed by atoms with Crippen LogP contribution in [0.15, 0.2) is 0 Å². The van der Waals surface area contributed by atoms with Crippen molar-refractivity contribution in [1.29, 1.82) is 0 Å². The third-order valence-corrected chi connectivity index (χ3v) is 2.29. The standard InChI is InChI=1S/C3H7BrClNO2S/c4-2-6-3(1-5)9(7)8/h3,6H,1-2H2,(H,7,8)/p-1. The number of rotatable bonds is 4. The van der Waals surface area contributed by atoms with Gasteiger partial charge in [-0.2, -0.15) is 0 Å². The fourth-order valence-electron chi connectivity index (χ4n) is 0.260. The maximum absolute atomic E-state index is 10.2. The summed E-state index contributed by atoms with van der Waals surface area (Å²) >= 11 is 6.15. The van der Waals surface area contributed by atoms with Crippen LogP contribution >= 0.6 is 27.5 Å². The van der Waals surface area contributed by atoms with Crippen molar-refractivity contribution in [1.82, 2.24) is 5.32 Å². The summed E-state index contributed by atoms with van der Waals surface area (Å²) in [7, 11) is 0. The highest BCUT2D eigenvalue weighted by molar-refractivity contribution is 9.09. The maximum Gasteiger partial charge on any atom is 0.0845 e. The molecule has 0 aliphatic rings. The molecule has 0 aromatic carbocycles. The van der Waals surface area contributed by atoms with Crippen molar-refractivity contribution in [2.45, 2.75) is 5.37 Å². The first-order valence-electron chi connectivity index (χ1n) is 2.15. The monoisotopic (exact) mass is 234 g/mol. The summed E-state index contributed by atoms with van der Waals surface area (Å²) in [5.74, 6) is 0.0711. The summed E-state index contributed by atoms with van der Waals surface area (Å²) in [6.07, 6.45) is 0. The van der Waals surface area contributed by atoms with E-state index >= 15 is 0 Å². The van der Waals surface area contributed by atoms with Crippen molar-refractivity contribution in [2.24, 2.45) is 0 Å². The van der Waals surface area contributed by atoms with Crippen LogP contribution in [0.3, 0.4) is 0 Å². The zero-order valence-electron chi connectivity index (χ0n) is 4.47. The van der Waals surface area contributed by atoms with Crippen LogP contribution in [0.25, 0.3) is 0 Å². The number of halogens is 2. The van der Waals surface area contributed by atoms with Crippen molar-refractivity contribution in [3.05, 3.63) is 0 Å². The lowest BCUT2D eigenvalue weighted by Gasteiger charge is -2.16. The molecule has 9 heavy (non-hydrogen) atoms. The van der Waals surface area contributed by atoms with E-state index in [1.165, 1.54) is 0 Å². The lowest BCUT2D eigenvalue weighted by atomic mass is 10.7. The summed E-state index contributed by atoms with van der Waals surface area (Å²) < 4.78 is 20.3. The predicted octanol–water partition coefficient (Wildman–Crippen LogP) is 0.372. The molecule has 0 amide bonds. The quantitative estimate of drug-likeness (QED) is 0.435. The van der Waals surface area contributed by atoms with Gasteiger partial charge in [-0.1, -0.05) is 15.9 Å². The van der Waals surface area contributed by atoms with Crippen LogP contribution in [0.1, 0.15) is 0 Å². The summed E-state index contributed by atoms with van der Waals surface area (Å²) in [6.45, 7) is 0. The van der Waals surface area contributed by atoms with E-state index < -0.39 is 16.5 Å². The van der Waals surface area contributed by atoms with Gasteiger partial charge in [0, 0.05) is 5.88 Å². The minimum Gasteiger partial charge on any atom is -0.771 e. The number of hydrogen-bond donors (Lipinski definition) is 1. The van der Waals surface area contributed by atoms with E-state index in [2.05, 4.69) is 21.2 Å². The Labute approximate surface area is 69.6 Å². The highest BCUT2D eigenvalue weighted by Gasteiger charge is 2.03. The second kappa shape index (κ2) is 5.61. The van der Waals surface area contributed by atoms with E-state index in [9.17, 15) is 8.76 Å². The third kappa shape index (κ3) is 4.27. The molecule has 0 rings (SSSR count). The smallest absolute Gasteiger partial charge is 0.0845 e. The number of alkyl halides is 2. The Kier molecular flexibility index (Phi) is 6.14. The highest BCUT2D eigenvalue weighted by atomic mass is 79.9. The molecule has 0 bridgehead atoms. The second-order valence-corrected chi connectivity index (χ2v) is 3.20. The average Bonchev–Trinajstić information content (AvgIpc) is 1.82. The number of nitrogens with one attached hydrogen (secondary N) is 1. The largest absolute Gasteiger partial charge is 0.771 e. The summed E-state index contributed by atoms with van der Waals surface area (Å²) in [6, 6.07) is 0. The minimum absolute atomic E-state index is 0.0711. The van der Waals surface area contributed by atoms with Crippen molar-refractivity contribution < 1.29 is 8.76 Å². The zero-order chi connectivity index (χ0) is 7.28. The molecule has 0 aliphatic carbocycles. The lowest BCUT2D eigenvalue weighted by molar-refractivity contribution is 0.516. The Hall–Kier alpha value is 0.840. The molecule has 0 saturated carbocycles. The van der Waals surface area contributed by atoms with Crippen molar-refractivity contribution in [2.75, 3.05) is 11.3 Å². The zero-order valence-corrected chi connectivity index (χ0v) is 7.63. The van der Waals surface area contributed by atoms with Crippen molar-refractivity contribution in [3.63, 3.8) is 0 Å². The first-order chi connectivity index (χ1) is 4.22. The van der Waals surface area contributed by atoms with Gasteiger partial charge in [0.2, 0.25) is 0 Å². The average molecular weight is 236 g/mol. The van der Waals surface area contributed by atoms with Crippen LogP contribution in [-0.4, -0.2) is 25.5 Å². The fourth-order valence-corrected chi connectivity index (χ4v) is 1.61. The molecule has 6 heteroatoms. The Morgan fingerprint density at radius 1 is 1.89 bits per heavy atom. The highest BCUT2D eigenvalue weighted by Crippen LogP contribution is 1.92. The van der Waals surface area contributed by atoms with Gasteiger partial charge in [-0.3, -0.25) is 9.53 Å². The minimum atomic E-state index is -2.13. The molecule has 0 fully saturated rings. The van der Waals surface area contributed by atoms with Gasteiger partial charge in [-0.15, -0.1) is 11.6 Å². The van der Waals surface area contributed by atoms with E-state index in [0.29, 0.717) is 5.45 Å². The summed E-state index contributed by atoms with van der Waals surface area (Å²) in [5, 5.41) is 1.96. The molecule has 56 valence electrons. The molecule has 0 aromatic heterocycles. The van der Waals surface area contributed by atoms with Crippen LogP contribution < -0.4 is 5.32 Å². The third-order valence-electron chi connectivity index (χ3n) is 0.677. The molecule has 0 aromatic rings. The van der Waals surface area contributed by atoms with Gasteiger partial charge in [0.05, 0.1) is 10.8 Å². The van der Waals surface area contributed by atoms with E-state index in [1.54, 1.807) is 0 Å². The summed E-state index contributed by atoms with van der Waals surface area (Å²) in [4.78, 5) is 0. The topological polar surface area (TPSA) is 52.2 Å². The van der Waals surface area contributed by atoms with E-state index in [0.717, 1.165) is 0 Å². The van der Waals surface area contributed by atoms with Crippen LogP contribution in [0, 0.1) is 0 Å².